The van der Waals surface area contributed by atoms with E-state index < -0.39 is 22.0 Å². The van der Waals surface area contributed by atoms with Crippen molar-refractivity contribution in [3.63, 3.8) is 0 Å². The molecule has 0 saturated carbocycles. The standard InChI is InChI=1S/C13H21NO4S/c1-10-5-11(2)7-12(6-10)3-4-14-8-13(15)9-19(16,17)18/h5-7,13-15H,3-4,8-9H2,1-2H3,(H,16,17,18). The van der Waals surface area contributed by atoms with Gasteiger partial charge in [-0.1, -0.05) is 29.3 Å². The SMILES string of the molecule is Cc1cc(C)cc(CCNCC(O)CS(=O)(=O)O)c1. The maximum atomic E-state index is 10.5. The van der Waals surface area contributed by atoms with Crippen molar-refractivity contribution >= 4 is 10.1 Å². The van der Waals surface area contributed by atoms with Crippen LogP contribution >= 0.6 is 0 Å². The summed E-state index contributed by atoms with van der Waals surface area (Å²) >= 11 is 0. The molecular weight excluding hydrogens is 266 g/mol. The third-order valence-corrected chi connectivity index (χ3v) is 3.46. The van der Waals surface area contributed by atoms with Crippen molar-refractivity contribution in [2.24, 2.45) is 0 Å². The molecule has 0 fully saturated rings. The van der Waals surface area contributed by atoms with Crippen molar-refractivity contribution in [1.82, 2.24) is 5.32 Å². The number of aliphatic hydroxyl groups excluding tert-OH is 1. The van der Waals surface area contributed by atoms with Gasteiger partial charge in [0.2, 0.25) is 0 Å². The minimum absolute atomic E-state index is 0.143. The molecule has 0 saturated heterocycles. The Morgan fingerprint density at radius 1 is 1.21 bits per heavy atom. The van der Waals surface area contributed by atoms with Crippen LogP contribution in [0.2, 0.25) is 0 Å². The Morgan fingerprint density at radius 3 is 2.32 bits per heavy atom. The second kappa shape index (κ2) is 7.00. The number of benzene rings is 1. The third kappa shape index (κ3) is 7.27. The smallest absolute Gasteiger partial charge is 0.267 e. The highest BCUT2D eigenvalue weighted by Crippen LogP contribution is 2.08. The van der Waals surface area contributed by atoms with Gasteiger partial charge < -0.3 is 10.4 Å². The first-order valence-electron chi connectivity index (χ1n) is 6.17. The Balaban J connectivity index is 2.31. The molecule has 0 amide bonds. The molecule has 0 bridgehead atoms. The van der Waals surface area contributed by atoms with Gasteiger partial charge in [0.1, 0.15) is 5.75 Å². The van der Waals surface area contributed by atoms with Crippen LogP contribution in [0.1, 0.15) is 16.7 Å². The van der Waals surface area contributed by atoms with Crippen LogP contribution < -0.4 is 5.32 Å². The predicted molar refractivity (Wildman–Crippen MR) is 74.9 cm³/mol. The molecule has 1 aromatic rings. The number of hydrogen-bond acceptors (Lipinski definition) is 4. The van der Waals surface area contributed by atoms with Crippen LogP contribution in [0.25, 0.3) is 0 Å². The summed E-state index contributed by atoms with van der Waals surface area (Å²) in [5.74, 6) is -0.635. The van der Waals surface area contributed by atoms with Crippen LogP contribution in [0.4, 0.5) is 0 Å². The number of aryl methyl sites for hydroxylation is 2. The number of rotatable bonds is 7. The summed E-state index contributed by atoms with van der Waals surface area (Å²) in [7, 11) is -4.11. The maximum absolute atomic E-state index is 10.5. The van der Waals surface area contributed by atoms with E-state index in [9.17, 15) is 13.5 Å². The summed E-state index contributed by atoms with van der Waals surface area (Å²) in [6, 6.07) is 6.30. The molecular formula is C13H21NO4S. The van der Waals surface area contributed by atoms with E-state index in [0.29, 0.717) is 6.54 Å². The van der Waals surface area contributed by atoms with Gasteiger partial charge in [-0.25, -0.2) is 0 Å². The van der Waals surface area contributed by atoms with E-state index >= 15 is 0 Å². The van der Waals surface area contributed by atoms with Gasteiger partial charge in [0.05, 0.1) is 6.10 Å². The Labute approximate surface area is 114 Å². The van der Waals surface area contributed by atoms with Crippen molar-refractivity contribution in [3.05, 3.63) is 34.9 Å². The Bertz CT molecular complexity index is 493. The van der Waals surface area contributed by atoms with Crippen LogP contribution in [0.15, 0.2) is 18.2 Å². The van der Waals surface area contributed by atoms with Crippen LogP contribution in [-0.4, -0.2) is 43.0 Å². The number of hydrogen-bond donors (Lipinski definition) is 3. The molecule has 108 valence electrons. The van der Waals surface area contributed by atoms with Crippen LogP contribution in [0.3, 0.4) is 0 Å². The first kappa shape index (κ1) is 16.1. The lowest BCUT2D eigenvalue weighted by molar-refractivity contribution is 0.191. The fourth-order valence-electron chi connectivity index (χ4n) is 2.02. The zero-order valence-corrected chi connectivity index (χ0v) is 12.1. The molecule has 0 aliphatic heterocycles. The lowest BCUT2D eigenvalue weighted by atomic mass is 10.1. The molecule has 3 N–H and O–H groups in total. The van der Waals surface area contributed by atoms with E-state index in [1.807, 2.05) is 13.8 Å². The minimum Gasteiger partial charge on any atom is -0.391 e. The van der Waals surface area contributed by atoms with Crippen LogP contribution in [0.5, 0.6) is 0 Å². The normalized spacial score (nSPS) is 13.5. The second-order valence-electron chi connectivity index (χ2n) is 4.85. The Morgan fingerprint density at radius 2 is 1.79 bits per heavy atom. The highest BCUT2D eigenvalue weighted by molar-refractivity contribution is 7.85. The second-order valence-corrected chi connectivity index (χ2v) is 6.35. The van der Waals surface area contributed by atoms with Crippen molar-refractivity contribution < 1.29 is 18.1 Å². The molecule has 19 heavy (non-hydrogen) atoms. The Kier molecular flexibility index (Phi) is 5.93. The zero-order valence-electron chi connectivity index (χ0n) is 11.3. The van der Waals surface area contributed by atoms with Gasteiger partial charge in [-0.15, -0.1) is 0 Å². The van der Waals surface area contributed by atoms with E-state index in [1.54, 1.807) is 0 Å². The summed E-state index contributed by atoms with van der Waals surface area (Å²) in [5.41, 5.74) is 3.62. The van der Waals surface area contributed by atoms with Crippen molar-refractivity contribution in [2.75, 3.05) is 18.8 Å². The van der Waals surface area contributed by atoms with Crippen molar-refractivity contribution in [3.8, 4) is 0 Å². The quantitative estimate of drug-likeness (QED) is 0.507. The fraction of sp³-hybridized carbons (Fsp3) is 0.538. The Hall–Kier alpha value is -0.950. The predicted octanol–water partition coefficient (Wildman–Crippen LogP) is 0.684. The monoisotopic (exact) mass is 287 g/mol. The van der Waals surface area contributed by atoms with Crippen molar-refractivity contribution in [2.45, 2.75) is 26.4 Å². The molecule has 5 nitrogen and oxygen atoms in total. The first-order valence-corrected chi connectivity index (χ1v) is 7.78. The summed E-state index contributed by atoms with van der Waals surface area (Å²) in [5, 5.41) is 12.3. The fourth-order valence-corrected chi connectivity index (χ4v) is 2.62. The lowest BCUT2D eigenvalue weighted by Gasteiger charge is -2.10. The molecule has 0 aliphatic carbocycles. The van der Waals surface area contributed by atoms with Crippen molar-refractivity contribution in [1.29, 1.82) is 0 Å². The topological polar surface area (TPSA) is 86.6 Å². The zero-order chi connectivity index (χ0) is 14.5. The number of aliphatic hydroxyl groups is 1. The van der Waals surface area contributed by atoms with E-state index in [0.717, 1.165) is 6.42 Å². The van der Waals surface area contributed by atoms with Gasteiger partial charge in [-0.2, -0.15) is 8.42 Å². The summed E-state index contributed by atoms with van der Waals surface area (Å²) in [6.45, 7) is 4.87. The molecule has 1 aromatic carbocycles. The van der Waals surface area contributed by atoms with Gasteiger partial charge in [0.15, 0.2) is 0 Å². The first-order chi connectivity index (χ1) is 8.76. The van der Waals surface area contributed by atoms with Crippen LogP contribution in [0, 0.1) is 13.8 Å². The largest absolute Gasteiger partial charge is 0.391 e. The average molecular weight is 287 g/mol. The van der Waals surface area contributed by atoms with E-state index in [-0.39, 0.29) is 6.54 Å². The van der Waals surface area contributed by atoms with Gasteiger partial charge in [-0.3, -0.25) is 4.55 Å². The van der Waals surface area contributed by atoms with Gasteiger partial charge in [0, 0.05) is 6.54 Å². The maximum Gasteiger partial charge on any atom is 0.267 e. The highest BCUT2D eigenvalue weighted by Gasteiger charge is 2.13. The molecule has 0 aliphatic rings. The number of nitrogens with one attached hydrogen (secondary N) is 1. The minimum atomic E-state index is -4.11. The summed E-state index contributed by atoms with van der Waals surface area (Å²) in [4.78, 5) is 0. The van der Waals surface area contributed by atoms with E-state index in [4.69, 9.17) is 4.55 Å². The van der Waals surface area contributed by atoms with E-state index in [1.165, 1.54) is 16.7 Å². The molecule has 0 aromatic heterocycles. The third-order valence-electron chi connectivity index (χ3n) is 2.65. The van der Waals surface area contributed by atoms with Crippen LogP contribution in [-0.2, 0) is 16.5 Å². The highest BCUT2D eigenvalue weighted by atomic mass is 32.2. The summed E-state index contributed by atoms with van der Waals surface area (Å²) < 4.78 is 29.6. The summed E-state index contributed by atoms with van der Waals surface area (Å²) in [6.07, 6.45) is -0.282. The molecule has 0 heterocycles. The van der Waals surface area contributed by atoms with Gasteiger partial charge in [0.25, 0.3) is 10.1 Å². The molecule has 6 heteroatoms. The van der Waals surface area contributed by atoms with E-state index in [2.05, 4.69) is 23.5 Å². The molecule has 0 radical (unpaired) electrons. The van der Waals surface area contributed by atoms with Gasteiger partial charge in [-0.05, 0) is 32.4 Å². The molecule has 1 unspecified atom stereocenters. The molecule has 1 atom stereocenters. The average Bonchev–Trinajstić information content (AvgIpc) is 2.20. The van der Waals surface area contributed by atoms with Gasteiger partial charge >= 0.3 is 0 Å². The molecule has 1 rings (SSSR count). The molecule has 0 spiro atoms. The lowest BCUT2D eigenvalue weighted by Crippen LogP contribution is -2.33.